The van der Waals surface area contributed by atoms with Crippen LogP contribution in [0.25, 0.3) is 11.0 Å². The molecular formula is C23H24F4N4O4. The average Bonchev–Trinajstić information content (AvgIpc) is 3.24. The number of H-pyrrole nitrogens is 1. The van der Waals surface area contributed by atoms with E-state index in [1.807, 2.05) is 24.3 Å². The molecule has 2 aromatic carbocycles. The van der Waals surface area contributed by atoms with Crippen molar-refractivity contribution in [2.75, 3.05) is 20.7 Å². The number of nitrogens with one attached hydrogen (secondary N) is 2. The van der Waals surface area contributed by atoms with Crippen LogP contribution in [0.1, 0.15) is 35.1 Å². The van der Waals surface area contributed by atoms with Crippen molar-refractivity contribution in [3.05, 3.63) is 59.7 Å². The Morgan fingerprint density at radius 3 is 2.54 bits per heavy atom. The number of fused-ring (bicyclic) bond motifs is 1. The zero-order valence-corrected chi connectivity index (χ0v) is 18.9. The van der Waals surface area contributed by atoms with E-state index in [-0.39, 0.29) is 23.7 Å². The van der Waals surface area contributed by atoms with Gasteiger partial charge in [0.2, 0.25) is 0 Å². The number of rotatable bonds is 4. The lowest BCUT2D eigenvalue weighted by molar-refractivity contribution is -0.192. The summed E-state index contributed by atoms with van der Waals surface area (Å²) in [6, 6.07) is 12.2. The normalized spacial score (nSPS) is 18.5. The fourth-order valence-electron chi connectivity index (χ4n) is 3.73. The van der Waals surface area contributed by atoms with Crippen LogP contribution in [-0.4, -0.2) is 64.8 Å². The van der Waals surface area contributed by atoms with Crippen molar-refractivity contribution in [2.45, 2.75) is 31.1 Å². The number of carboxylic acid groups (broad SMARTS) is 1. The predicted molar refractivity (Wildman–Crippen MR) is 119 cm³/mol. The van der Waals surface area contributed by atoms with Crippen molar-refractivity contribution in [3.63, 3.8) is 0 Å². The predicted octanol–water partition coefficient (Wildman–Crippen LogP) is 3.91. The van der Waals surface area contributed by atoms with Crippen molar-refractivity contribution in [2.24, 2.45) is 0 Å². The van der Waals surface area contributed by atoms with Gasteiger partial charge in [0, 0.05) is 18.2 Å². The van der Waals surface area contributed by atoms with Gasteiger partial charge in [-0.3, -0.25) is 9.69 Å². The smallest absolute Gasteiger partial charge is 0.490 e. The van der Waals surface area contributed by atoms with Gasteiger partial charge in [0.15, 0.2) is 11.6 Å². The van der Waals surface area contributed by atoms with Gasteiger partial charge in [-0.25, -0.2) is 14.2 Å². The highest BCUT2D eigenvalue weighted by Gasteiger charge is 2.38. The second-order valence-electron chi connectivity index (χ2n) is 7.98. The number of hydrogen-bond acceptors (Lipinski definition) is 5. The Hall–Kier alpha value is -3.67. The molecule has 0 unspecified atom stereocenters. The number of aromatic amines is 1. The van der Waals surface area contributed by atoms with Gasteiger partial charge in [-0.05, 0) is 50.2 Å². The maximum absolute atomic E-state index is 13.6. The largest absolute Gasteiger partial charge is 0.494 e. The standard InChI is InChI=1S/C21H23FN4O2.C2HF3O2/c1-26-10-9-14(23-21(27)13-7-8-15(22)19(11-13)28-2)12-18(26)20-24-16-5-3-4-6-17(16)25-20;3-2(4,5)1(6)7/h3-8,11,14,18H,9-10,12H2,1-2H3,(H,23,27)(H,24,25);(H,6,7)/t14-,18-;/m1./s1. The molecule has 1 aromatic heterocycles. The lowest BCUT2D eigenvalue weighted by Crippen LogP contribution is -2.45. The SMILES string of the molecule is COc1cc(C(=O)N[C@@H]2CCN(C)[C@@H](c3nc4ccccc4[nH]3)C2)ccc1F.O=C(O)C(F)(F)F. The lowest BCUT2D eigenvalue weighted by atomic mass is 9.96. The summed E-state index contributed by atoms with van der Waals surface area (Å²) in [5.41, 5.74) is 2.34. The quantitative estimate of drug-likeness (QED) is 0.473. The van der Waals surface area contributed by atoms with Gasteiger partial charge in [-0.1, -0.05) is 12.1 Å². The molecule has 188 valence electrons. The summed E-state index contributed by atoms with van der Waals surface area (Å²) in [5.74, 6) is -2.49. The number of aliphatic carboxylic acids is 1. The third-order valence-electron chi connectivity index (χ3n) is 5.58. The molecule has 3 N–H and O–H groups in total. The van der Waals surface area contributed by atoms with Crippen LogP contribution >= 0.6 is 0 Å². The van der Waals surface area contributed by atoms with Gasteiger partial charge >= 0.3 is 12.1 Å². The zero-order chi connectivity index (χ0) is 25.8. The molecule has 8 nitrogen and oxygen atoms in total. The van der Waals surface area contributed by atoms with E-state index in [2.05, 4.69) is 22.2 Å². The number of alkyl halides is 3. The maximum atomic E-state index is 13.6. The van der Waals surface area contributed by atoms with Gasteiger partial charge in [-0.15, -0.1) is 0 Å². The summed E-state index contributed by atoms with van der Waals surface area (Å²) in [6.45, 7) is 0.847. The number of para-hydroxylation sites is 2. The summed E-state index contributed by atoms with van der Waals surface area (Å²) >= 11 is 0. The first-order valence-electron chi connectivity index (χ1n) is 10.6. The van der Waals surface area contributed by atoms with E-state index in [9.17, 15) is 22.4 Å². The highest BCUT2D eigenvalue weighted by molar-refractivity contribution is 5.94. The van der Waals surface area contributed by atoms with Crippen LogP contribution in [0.2, 0.25) is 0 Å². The first-order chi connectivity index (χ1) is 16.5. The minimum Gasteiger partial charge on any atom is -0.494 e. The monoisotopic (exact) mass is 496 g/mol. The fraction of sp³-hybridized carbons (Fsp3) is 0.348. The second kappa shape index (κ2) is 10.7. The number of aromatic nitrogens is 2. The van der Waals surface area contributed by atoms with Gasteiger partial charge in [-0.2, -0.15) is 13.2 Å². The van der Waals surface area contributed by atoms with Crippen molar-refractivity contribution < 1.29 is 37.0 Å². The Kier molecular flexibility index (Phi) is 7.95. The van der Waals surface area contributed by atoms with Crippen LogP contribution < -0.4 is 10.1 Å². The molecule has 1 saturated heterocycles. The van der Waals surface area contributed by atoms with E-state index in [1.165, 1.54) is 25.3 Å². The Bertz CT molecular complexity index is 1160. The topological polar surface area (TPSA) is 108 Å². The number of piperidine rings is 1. The number of amides is 1. The van der Waals surface area contributed by atoms with Crippen molar-refractivity contribution >= 4 is 22.9 Å². The van der Waals surface area contributed by atoms with Crippen LogP contribution in [0.4, 0.5) is 17.6 Å². The molecule has 0 spiro atoms. The van der Waals surface area contributed by atoms with Crippen LogP contribution in [0.15, 0.2) is 42.5 Å². The number of carbonyl (C=O) groups is 2. The molecule has 0 saturated carbocycles. The molecule has 12 heteroatoms. The molecule has 0 aliphatic carbocycles. The molecule has 35 heavy (non-hydrogen) atoms. The number of carboxylic acids is 1. The highest BCUT2D eigenvalue weighted by Crippen LogP contribution is 2.30. The lowest BCUT2D eigenvalue weighted by Gasteiger charge is -2.36. The van der Waals surface area contributed by atoms with Crippen LogP contribution in [0.5, 0.6) is 5.75 Å². The van der Waals surface area contributed by atoms with Crippen molar-refractivity contribution in [1.82, 2.24) is 20.2 Å². The molecule has 1 fully saturated rings. The molecule has 2 atom stereocenters. The zero-order valence-electron chi connectivity index (χ0n) is 18.9. The summed E-state index contributed by atoms with van der Waals surface area (Å²) < 4.78 is 50.3. The van der Waals surface area contributed by atoms with E-state index in [0.717, 1.165) is 36.2 Å². The highest BCUT2D eigenvalue weighted by atomic mass is 19.4. The number of nitrogens with zero attached hydrogens (tertiary/aromatic N) is 2. The van der Waals surface area contributed by atoms with Crippen molar-refractivity contribution in [1.29, 1.82) is 0 Å². The Morgan fingerprint density at radius 1 is 1.23 bits per heavy atom. The molecule has 1 amide bonds. The number of carbonyl (C=O) groups excluding carboxylic acids is 1. The van der Waals surface area contributed by atoms with Gasteiger partial charge in [0.25, 0.3) is 5.91 Å². The number of halogens is 4. The van der Waals surface area contributed by atoms with Gasteiger partial charge in [0.05, 0.1) is 24.2 Å². The molecule has 0 radical (unpaired) electrons. The number of likely N-dealkylation sites (tertiary alicyclic amines) is 1. The van der Waals surface area contributed by atoms with Crippen LogP contribution in [-0.2, 0) is 4.79 Å². The van der Waals surface area contributed by atoms with E-state index < -0.39 is 18.0 Å². The van der Waals surface area contributed by atoms with Gasteiger partial charge in [0.1, 0.15) is 5.82 Å². The number of hydrogen-bond donors (Lipinski definition) is 3. The van der Waals surface area contributed by atoms with E-state index in [0.29, 0.717) is 5.56 Å². The minimum atomic E-state index is -5.08. The summed E-state index contributed by atoms with van der Waals surface area (Å²) in [5, 5.41) is 10.2. The molecule has 1 aliphatic rings. The molecule has 2 heterocycles. The fourth-order valence-corrected chi connectivity index (χ4v) is 3.73. The molecular weight excluding hydrogens is 472 g/mol. The number of ether oxygens (including phenoxy) is 1. The number of imidazole rings is 1. The van der Waals surface area contributed by atoms with E-state index in [4.69, 9.17) is 19.6 Å². The van der Waals surface area contributed by atoms with Crippen LogP contribution in [0.3, 0.4) is 0 Å². The summed E-state index contributed by atoms with van der Waals surface area (Å²) in [4.78, 5) is 31.9. The third kappa shape index (κ3) is 6.47. The maximum Gasteiger partial charge on any atom is 0.490 e. The molecule has 1 aliphatic heterocycles. The Morgan fingerprint density at radius 2 is 1.91 bits per heavy atom. The van der Waals surface area contributed by atoms with E-state index in [1.54, 1.807) is 0 Å². The summed E-state index contributed by atoms with van der Waals surface area (Å²) in [7, 11) is 3.45. The first-order valence-corrected chi connectivity index (χ1v) is 10.6. The second-order valence-corrected chi connectivity index (χ2v) is 7.98. The first kappa shape index (κ1) is 25.9. The molecule has 4 rings (SSSR count). The van der Waals surface area contributed by atoms with E-state index >= 15 is 0 Å². The average molecular weight is 496 g/mol. The van der Waals surface area contributed by atoms with Gasteiger partial charge < -0.3 is 20.1 Å². The Balaban J connectivity index is 0.000000429. The van der Waals surface area contributed by atoms with Crippen molar-refractivity contribution in [3.8, 4) is 5.75 Å². The number of methoxy groups -OCH3 is 1. The summed E-state index contributed by atoms with van der Waals surface area (Å²) in [6.07, 6.45) is -3.49. The molecule has 3 aromatic rings. The minimum absolute atomic E-state index is 0.0120. The Labute approximate surface area is 197 Å². The third-order valence-corrected chi connectivity index (χ3v) is 5.58. The van der Waals surface area contributed by atoms with Crippen LogP contribution in [0, 0.1) is 5.82 Å². The number of benzene rings is 2. The molecule has 0 bridgehead atoms.